The third kappa shape index (κ3) is 6.76. The van der Waals surface area contributed by atoms with Crippen molar-refractivity contribution in [3.63, 3.8) is 0 Å². The van der Waals surface area contributed by atoms with Crippen molar-refractivity contribution in [3.05, 3.63) is 35.9 Å². The fourth-order valence-electron chi connectivity index (χ4n) is 1.54. The van der Waals surface area contributed by atoms with Crippen molar-refractivity contribution in [2.45, 2.75) is 32.4 Å². The Hall–Kier alpha value is -2.08. The van der Waals surface area contributed by atoms with Crippen LogP contribution in [0.25, 0.3) is 0 Å². The number of carbonyl (C=O) groups is 2. The molecule has 0 heterocycles. The van der Waals surface area contributed by atoms with Crippen LogP contribution in [0.2, 0.25) is 0 Å². The molecule has 0 bridgehead atoms. The maximum absolute atomic E-state index is 11.7. The molecule has 0 spiro atoms. The standard InChI is InChI=1S/C15H22N2O4/c1-2-3-9-20-14(18)13(10-16)17-15(19)21-11-12-7-5-4-6-8-12/h4-8,13H,2-3,9-11,16H2,1H3,(H,17,19)/t13-/m1/s1. The molecule has 0 fully saturated rings. The molecule has 1 atom stereocenters. The summed E-state index contributed by atoms with van der Waals surface area (Å²) in [5, 5.41) is 2.40. The molecule has 0 radical (unpaired) electrons. The lowest BCUT2D eigenvalue weighted by Gasteiger charge is -2.15. The molecule has 116 valence electrons. The maximum atomic E-state index is 11.7. The van der Waals surface area contributed by atoms with Crippen molar-refractivity contribution in [1.82, 2.24) is 5.32 Å². The minimum absolute atomic E-state index is 0.0363. The number of ether oxygens (including phenoxy) is 2. The number of amides is 1. The lowest BCUT2D eigenvalue weighted by atomic mass is 10.2. The lowest BCUT2D eigenvalue weighted by Crippen LogP contribution is -2.46. The van der Waals surface area contributed by atoms with Crippen LogP contribution in [0.3, 0.4) is 0 Å². The number of hydrogen-bond donors (Lipinski definition) is 2. The molecule has 0 saturated carbocycles. The van der Waals surface area contributed by atoms with Gasteiger partial charge in [0, 0.05) is 6.54 Å². The fraction of sp³-hybridized carbons (Fsp3) is 0.467. The van der Waals surface area contributed by atoms with Crippen molar-refractivity contribution >= 4 is 12.1 Å². The molecule has 0 aliphatic carbocycles. The first-order valence-electron chi connectivity index (χ1n) is 7.01. The SMILES string of the molecule is CCCCOC(=O)[C@@H](CN)NC(=O)OCc1ccccc1. The Morgan fingerprint density at radius 1 is 1.24 bits per heavy atom. The van der Waals surface area contributed by atoms with Crippen molar-refractivity contribution < 1.29 is 19.1 Å². The molecule has 0 saturated heterocycles. The van der Waals surface area contributed by atoms with Crippen LogP contribution in [0.1, 0.15) is 25.3 Å². The zero-order chi connectivity index (χ0) is 15.5. The Labute approximate surface area is 124 Å². The summed E-state index contributed by atoms with van der Waals surface area (Å²) in [6, 6.07) is 8.37. The molecule has 0 aliphatic heterocycles. The molecule has 3 N–H and O–H groups in total. The number of rotatable bonds is 8. The van der Waals surface area contributed by atoms with Gasteiger partial charge in [-0.05, 0) is 12.0 Å². The van der Waals surface area contributed by atoms with E-state index in [1.807, 2.05) is 37.3 Å². The Bertz CT molecular complexity index is 437. The van der Waals surface area contributed by atoms with E-state index in [1.165, 1.54) is 0 Å². The van der Waals surface area contributed by atoms with Crippen LogP contribution < -0.4 is 11.1 Å². The van der Waals surface area contributed by atoms with Crippen LogP contribution in [0, 0.1) is 0 Å². The minimum atomic E-state index is -0.884. The van der Waals surface area contributed by atoms with Gasteiger partial charge in [-0.2, -0.15) is 0 Å². The quantitative estimate of drug-likeness (QED) is 0.561. The molecular weight excluding hydrogens is 272 g/mol. The van der Waals surface area contributed by atoms with E-state index in [2.05, 4.69) is 5.32 Å². The molecule has 1 aromatic rings. The van der Waals surface area contributed by atoms with Gasteiger partial charge in [0.1, 0.15) is 12.6 Å². The van der Waals surface area contributed by atoms with E-state index in [4.69, 9.17) is 15.2 Å². The maximum Gasteiger partial charge on any atom is 0.408 e. The van der Waals surface area contributed by atoms with Crippen LogP contribution in [0.15, 0.2) is 30.3 Å². The highest BCUT2D eigenvalue weighted by Crippen LogP contribution is 2.01. The summed E-state index contributed by atoms with van der Waals surface area (Å²) in [6.45, 7) is 2.42. The highest BCUT2D eigenvalue weighted by molar-refractivity contribution is 5.81. The van der Waals surface area contributed by atoms with Crippen LogP contribution in [0.4, 0.5) is 4.79 Å². The molecule has 1 rings (SSSR count). The van der Waals surface area contributed by atoms with Gasteiger partial charge in [-0.15, -0.1) is 0 Å². The van der Waals surface area contributed by atoms with Crippen LogP contribution in [-0.2, 0) is 20.9 Å². The van der Waals surface area contributed by atoms with Gasteiger partial charge in [-0.1, -0.05) is 43.7 Å². The molecule has 0 unspecified atom stereocenters. The zero-order valence-electron chi connectivity index (χ0n) is 12.2. The Kier molecular flexibility index (Phi) is 7.89. The number of esters is 1. The van der Waals surface area contributed by atoms with E-state index in [0.29, 0.717) is 6.61 Å². The molecule has 6 nitrogen and oxygen atoms in total. The van der Waals surface area contributed by atoms with E-state index in [1.54, 1.807) is 0 Å². The first-order chi connectivity index (χ1) is 10.2. The number of nitrogens with one attached hydrogen (secondary N) is 1. The first-order valence-corrected chi connectivity index (χ1v) is 7.01. The van der Waals surface area contributed by atoms with E-state index < -0.39 is 18.1 Å². The molecule has 0 aromatic heterocycles. The normalized spacial score (nSPS) is 11.5. The summed E-state index contributed by atoms with van der Waals surface area (Å²) < 4.78 is 10.0. The Balaban J connectivity index is 2.34. The summed E-state index contributed by atoms with van der Waals surface area (Å²) >= 11 is 0. The second-order valence-electron chi connectivity index (χ2n) is 4.52. The summed E-state index contributed by atoms with van der Waals surface area (Å²) in [5.74, 6) is -0.539. The van der Waals surface area contributed by atoms with Crippen LogP contribution in [0.5, 0.6) is 0 Å². The highest BCUT2D eigenvalue weighted by atomic mass is 16.6. The van der Waals surface area contributed by atoms with E-state index >= 15 is 0 Å². The van der Waals surface area contributed by atoms with Gasteiger partial charge in [0.05, 0.1) is 6.61 Å². The Morgan fingerprint density at radius 3 is 2.57 bits per heavy atom. The number of hydrogen-bond acceptors (Lipinski definition) is 5. The van der Waals surface area contributed by atoms with Gasteiger partial charge in [0.15, 0.2) is 0 Å². The smallest absolute Gasteiger partial charge is 0.408 e. The van der Waals surface area contributed by atoms with Crippen LogP contribution >= 0.6 is 0 Å². The number of nitrogens with two attached hydrogens (primary N) is 1. The second-order valence-corrected chi connectivity index (χ2v) is 4.52. The van der Waals surface area contributed by atoms with E-state index in [0.717, 1.165) is 18.4 Å². The third-order valence-corrected chi connectivity index (χ3v) is 2.77. The summed E-state index contributed by atoms with van der Waals surface area (Å²) in [4.78, 5) is 23.3. The van der Waals surface area contributed by atoms with Crippen molar-refractivity contribution in [2.75, 3.05) is 13.2 Å². The van der Waals surface area contributed by atoms with Gasteiger partial charge >= 0.3 is 12.1 Å². The molecule has 21 heavy (non-hydrogen) atoms. The van der Waals surface area contributed by atoms with Crippen molar-refractivity contribution in [2.24, 2.45) is 5.73 Å². The average Bonchev–Trinajstić information content (AvgIpc) is 2.51. The number of carbonyl (C=O) groups excluding carboxylic acids is 2. The predicted octanol–water partition coefficient (Wildman–Crippen LogP) is 1.58. The number of unbranched alkanes of at least 4 members (excludes halogenated alkanes) is 1. The largest absolute Gasteiger partial charge is 0.464 e. The van der Waals surface area contributed by atoms with Gasteiger partial charge in [-0.25, -0.2) is 9.59 Å². The minimum Gasteiger partial charge on any atom is -0.464 e. The molecule has 1 amide bonds. The molecule has 6 heteroatoms. The highest BCUT2D eigenvalue weighted by Gasteiger charge is 2.21. The fourth-order valence-corrected chi connectivity index (χ4v) is 1.54. The van der Waals surface area contributed by atoms with Gasteiger partial charge in [0.2, 0.25) is 0 Å². The summed E-state index contributed by atoms with van der Waals surface area (Å²) in [5.41, 5.74) is 6.33. The second kappa shape index (κ2) is 9.77. The molecular formula is C15H22N2O4. The lowest BCUT2D eigenvalue weighted by molar-refractivity contribution is -0.145. The number of alkyl carbamates (subject to hydrolysis) is 1. The first kappa shape index (κ1) is 17.0. The zero-order valence-corrected chi connectivity index (χ0v) is 12.2. The average molecular weight is 294 g/mol. The monoisotopic (exact) mass is 294 g/mol. The molecule has 0 aliphatic rings. The topological polar surface area (TPSA) is 90.6 Å². The third-order valence-electron chi connectivity index (χ3n) is 2.77. The van der Waals surface area contributed by atoms with E-state index in [-0.39, 0.29) is 13.2 Å². The number of benzene rings is 1. The van der Waals surface area contributed by atoms with Gasteiger partial charge in [-0.3, -0.25) is 0 Å². The molecule has 1 aromatic carbocycles. The van der Waals surface area contributed by atoms with Crippen molar-refractivity contribution in [3.8, 4) is 0 Å². The van der Waals surface area contributed by atoms with Crippen LogP contribution in [-0.4, -0.2) is 31.3 Å². The van der Waals surface area contributed by atoms with Gasteiger partial charge < -0.3 is 20.5 Å². The Morgan fingerprint density at radius 2 is 1.95 bits per heavy atom. The van der Waals surface area contributed by atoms with Crippen molar-refractivity contribution in [1.29, 1.82) is 0 Å². The summed E-state index contributed by atoms with van der Waals surface area (Å²) in [7, 11) is 0. The van der Waals surface area contributed by atoms with E-state index in [9.17, 15) is 9.59 Å². The summed E-state index contributed by atoms with van der Waals surface area (Å²) in [6.07, 6.45) is 1.01. The van der Waals surface area contributed by atoms with Gasteiger partial charge in [0.25, 0.3) is 0 Å². The predicted molar refractivity (Wildman–Crippen MR) is 78.5 cm³/mol.